The minimum absolute atomic E-state index is 0.0862. The number of benzene rings is 2. The van der Waals surface area contributed by atoms with Gasteiger partial charge in [-0.1, -0.05) is 37.3 Å². The number of imidazole rings is 1. The van der Waals surface area contributed by atoms with E-state index in [1.54, 1.807) is 19.5 Å². The molecule has 1 atom stereocenters. The largest absolute Gasteiger partial charge is 0.495 e. The molecule has 0 spiro atoms. The van der Waals surface area contributed by atoms with Crippen molar-refractivity contribution < 1.29 is 9.53 Å². The maximum absolute atomic E-state index is 12.4. The molecule has 29 heavy (non-hydrogen) atoms. The van der Waals surface area contributed by atoms with E-state index < -0.39 is 0 Å². The van der Waals surface area contributed by atoms with Gasteiger partial charge in [0, 0.05) is 12.3 Å². The molecule has 0 aliphatic heterocycles. The van der Waals surface area contributed by atoms with Gasteiger partial charge in [0.15, 0.2) is 0 Å². The number of rotatable bonds is 6. The number of hydrogen-bond donors (Lipinski definition) is 1. The molecular formula is C24H25N3O2. The third kappa shape index (κ3) is 4.09. The number of amides is 1. The van der Waals surface area contributed by atoms with Crippen LogP contribution >= 0.6 is 0 Å². The van der Waals surface area contributed by atoms with E-state index in [-0.39, 0.29) is 11.9 Å². The lowest BCUT2D eigenvalue weighted by Crippen LogP contribution is -2.25. The highest BCUT2D eigenvalue weighted by molar-refractivity contribution is 5.92. The summed E-state index contributed by atoms with van der Waals surface area (Å²) in [6.45, 7) is 2.08. The molecular weight excluding hydrogens is 362 g/mol. The first-order valence-electron chi connectivity index (χ1n) is 9.95. The molecule has 0 bridgehead atoms. The SMILES string of the molecule is CCc1cn(-c2ccc(/C=C/C(=O)NC3CCc4ccccc43)cc2OC)cn1. The zero-order valence-electron chi connectivity index (χ0n) is 16.8. The Morgan fingerprint density at radius 3 is 2.97 bits per heavy atom. The molecule has 148 valence electrons. The average molecular weight is 387 g/mol. The van der Waals surface area contributed by atoms with Crippen molar-refractivity contribution in [1.29, 1.82) is 0 Å². The Kier molecular flexibility index (Phi) is 5.47. The minimum Gasteiger partial charge on any atom is -0.495 e. The Bertz CT molecular complexity index is 1050. The molecule has 0 fully saturated rings. The van der Waals surface area contributed by atoms with E-state index in [2.05, 4.69) is 29.4 Å². The number of nitrogens with one attached hydrogen (secondary N) is 1. The molecule has 2 aromatic carbocycles. The van der Waals surface area contributed by atoms with Crippen LogP contribution in [0.1, 0.15) is 41.8 Å². The summed E-state index contributed by atoms with van der Waals surface area (Å²) in [7, 11) is 1.65. The van der Waals surface area contributed by atoms with Gasteiger partial charge in [-0.3, -0.25) is 4.79 Å². The van der Waals surface area contributed by atoms with E-state index in [1.807, 2.05) is 47.2 Å². The Morgan fingerprint density at radius 1 is 1.31 bits per heavy atom. The number of methoxy groups -OCH3 is 1. The molecule has 0 saturated carbocycles. The monoisotopic (exact) mass is 387 g/mol. The molecule has 1 heterocycles. The first-order valence-corrected chi connectivity index (χ1v) is 9.95. The van der Waals surface area contributed by atoms with Gasteiger partial charge in [0.25, 0.3) is 0 Å². The summed E-state index contributed by atoms with van der Waals surface area (Å²) in [6.07, 6.45) is 10.0. The molecule has 0 radical (unpaired) electrons. The maximum atomic E-state index is 12.4. The molecule has 5 heteroatoms. The van der Waals surface area contributed by atoms with E-state index in [0.717, 1.165) is 42.0 Å². The van der Waals surface area contributed by atoms with Crippen molar-refractivity contribution in [3.05, 3.63) is 83.4 Å². The van der Waals surface area contributed by atoms with Gasteiger partial charge in [0.2, 0.25) is 5.91 Å². The number of carbonyl (C=O) groups excluding carboxylic acids is 1. The van der Waals surface area contributed by atoms with Gasteiger partial charge in [-0.05, 0) is 54.2 Å². The van der Waals surface area contributed by atoms with Gasteiger partial charge >= 0.3 is 0 Å². The van der Waals surface area contributed by atoms with Crippen molar-refractivity contribution in [2.75, 3.05) is 7.11 Å². The van der Waals surface area contributed by atoms with E-state index >= 15 is 0 Å². The van der Waals surface area contributed by atoms with Crippen LogP contribution in [0.25, 0.3) is 11.8 Å². The van der Waals surface area contributed by atoms with Gasteiger partial charge in [0.1, 0.15) is 5.75 Å². The molecule has 1 unspecified atom stereocenters. The molecule has 1 aliphatic carbocycles. The summed E-state index contributed by atoms with van der Waals surface area (Å²) >= 11 is 0. The van der Waals surface area contributed by atoms with Crippen molar-refractivity contribution in [2.24, 2.45) is 0 Å². The van der Waals surface area contributed by atoms with Crippen LogP contribution in [0.4, 0.5) is 0 Å². The van der Waals surface area contributed by atoms with Gasteiger partial charge in [0.05, 0.1) is 30.9 Å². The Hall–Kier alpha value is -3.34. The second kappa shape index (κ2) is 8.35. The number of fused-ring (bicyclic) bond motifs is 1. The number of nitrogens with zero attached hydrogens (tertiary/aromatic N) is 2. The molecule has 3 aromatic rings. The number of carbonyl (C=O) groups is 1. The van der Waals surface area contributed by atoms with E-state index in [4.69, 9.17) is 4.74 Å². The standard InChI is InChI=1S/C24H25N3O2/c1-3-19-15-27(16-25-19)22-12-8-17(14-23(22)29-2)9-13-24(28)26-21-11-10-18-6-4-5-7-20(18)21/h4-9,12-16,21H,3,10-11H2,1-2H3,(H,26,28)/b13-9+. The molecule has 1 N–H and O–H groups in total. The van der Waals surface area contributed by atoms with Crippen molar-refractivity contribution in [3.8, 4) is 11.4 Å². The fraction of sp³-hybridized carbons (Fsp3) is 0.250. The lowest BCUT2D eigenvalue weighted by atomic mass is 10.1. The second-order valence-electron chi connectivity index (χ2n) is 7.19. The van der Waals surface area contributed by atoms with Crippen LogP contribution in [-0.2, 0) is 17.6 Å². The Morgan fingerprint density at radius 2 is 2.17 bits per heavy atom. The Balaban J connectivity index is 1.46. The average Bonchev–Trinajstić information content (AvgIpc) is 3.39. The normalized spacial score (nSPS) is 15.4. The van der Waals surface area contributed by atoms with Crippen LogP contribution in [0.3, 0.4) is 0 Å². The molecule has 1 aromatic heterocycles. The zero-order valence-corrected chi connectivity index (χ0v) is 16.8. The Labute approximate surface area is 171 Å². The van der Waals surface area contributed by atoms with Gasteiger partial charge in [-0.2, -0.15) is 0 Å². The molecule has 0 saturated heterocycles. The van der Waals surface area contributed by atoms with E-state index in [1.165, 1.54) is 11.1 Å². The zero-order chi connectivity index (χ0) is 20.2. The lowest BCUT2D eigenvalue weighted by molar-refractivity contribution is -0.117. The highest BCUT2D eigenvalue weighted by atomic mass is 16.5. The fourth-order valence-corrected chi connectivity index (χ4v) is 3.79. The number of aryl methyl sites for hydroxylation is 2. The van der Waals surface area contributed by atoms with Crippen LogP contribution in [-0.4, -0.2) is 22.6 Å². The summed E-state index contributed by atoms with van der Waals surface area (Å²) in [5.74, 6) is 0.647. The minimum atomic E-state index is -0.0862. The predicted octanol–water partition coefficient (Wildman–Crippen LogP) is 4.26. The number of hydrogen-bond acceptors (Lipinski definition) is 3. The highest BCUT2D eigenvalue weighted by Crippen LogP contribution is 2.30. The van der Waals surface area contributed by atoms with Crippen LogP contribution in [0.2, 0.25) is 0 Å². The van der Waals surface area contributed by atoms with Crippen LogP contribution in [0.5, 0.6) is 5.75 Å². The van der Waals surface area contributed by atoms with Gasteiger partial charge in [-0.25, -0.2) is 4.98 Å². The van der Waals surface area contributed by atoms with Crippen LogP contribution in [0.15, 0.2) is 61.1 Å². The first kappa shape index (κ1) is 19.0. The predicted molar refractivity (Wildman–Crippen MR) is 114 cm³/mol. The second-order valence-corrected chi connectivity index (χ2v) is 7.19. The van der Waals surface area contributed by atoms with Gasteiger partial charge < -0.3 is 14.6 Å². The summed E-state index contributed by atoms with van der Waals surface area (Å²) < 4.78 is 7.51. The maximum Gasteiger partial charge on any atom is 0.244 e. The lowest BCUT2D eigenvalue weighted by Gasteiger charge is -2.12. The summed E-state index contributed by atoms with van der Waals surface area (Å²) in [5, 5.41) is 3.11. The van der Waals surface area contributed by atoms with Crippen LogP contribution in [0, 0.1) is 0 Å². The molecule has 1 aliphatic rings. The topological polar surface area (TPSA) is 56.2 Å². The third-order valence-electron chi connectivity index (χ3n) is 5.36. The van der Waals surface area contributed by atoms with E-state index in [9.17, 15) is 4.79 Å². The number of aromatic nitrogens is 2. The fourth-order valence-electron chi connectivity index (χ4n) is 3.79. The van der Waals surface area contributed by atoms with Crippen LogP contribution < -0.4 is 10.1 Å². The smallest absolute Gasteiger partial charge is 0.244 e. The molecule has 1 amide bonds. The van der Waals surface area contributed by atoms with Crippen molar-refractivity contribution in [2.45, 2.75) is 32.2 Å². The summed E-state index contributed by atoms with van der Waals surface area (Å²) in [5.41, 5.74) is 5.41. The van der Waals surface area contributed by atoms with E-state index in [0.29, 0.717) is 0 Å². The first-order chi connectivity index (χ1) is 14.2. The molecule has 5 nitrogen and oxygen atoms in total. The quantitative estimate of drug-likeness (QED) is 0.643. The van der Waals surface area contributed by atoms with Crippen molar-refractivity contribution in [1.82, 2.24) is 14.9 Å². The number of ether oxygens (including phenoxy) is 1. The van der Waals surface area contributed by atoms with Crippen molar-refractivity contribution in [3.63, 3.8) is 0 Å². The molecule has 4 rings (SSSR count). The summed E-state index contributed by atoms with van der Waals surface area (Å²) in [6, 6.07) is 14.3. The van der Waals surface area contributed by atoms with Crippen molar-refractivity contribution >= 4 is 12.0 Å². The highest BCUT2D eigenvalue weighted by Gasteiger charge is 2.22. The summed E-state index contributed by atoms with van der Waals surface area (Å²) in [4.78, 5) is 16.8. The third-order valence-corrected chi connectivity index (χ3v) is 5.36. The van der Waals surface area contributed by atoms with Gasteiger partial charge in [-0.15, -0.1) is 0 Å².